The van der Waals surface area contributed by atoms with Crippen LogP contribution in [0.1, 0.15) is 42.6 Å². The lowest BCUT2D eigenvalue weighted by atomic mass is 9.92. The smallest absolute Gasteiger partial charge is 0.370 e. The van der Waals surface area contributed by atoms with Gasteiger partial charge >= 0.3 is 5.97 Å². The molecular formula is C29H27F2N7O4. The summed E-state index contributed by atoms with van der Waals surface area (Å²) in [5.41, 5.74) is 4.89. The molecule has 1 fully saturated rings. The molecule has 3 heterocycles. The number of nitriles is 1. The molecule has 0 bridgehead atoms. The van der Waals surface area contributed by atoms with Gasteiger partial charge in [-0.2, -0.15) is 10.4 Å². The molecule has 4 aromatic rings. The molecule has 0 spiro atoms. The van der Waals surface area contributed by atoms with Crippen LogP contribution in [0.5, 0.6) is 0 Å². The van der Waals surface area contributed by atoms with Crippen molar-refractivity contribution < 1.29 is 23.5 Å². The maximum atomic E-state index is 16.0. The lowest BCUT2D eigenvalue weighted by molar-refractivity contribution is 0.0508. The van der Waals surface area contributed by atoms with E-state index in [2.05, 4.69) is 15.3 Å². The van der Waals surface area contributed by atoms with Gasteiger partial charge in [-0.25, -0.2) is 18.6 Å². The van der Waals surface area contributed by atoms with Crippen LogP contribution in [0.2, 0.25) is 0 Å². The highest BCUT2D eigenvalue weighted by atomic mass is 19.1. The molecule has 0 saturated carbocycles. The van der Waals surface area contributed by atoms with Crippen LogP contribution in [0, 0.1) is 27.9 Å². The predicted molar refractivity (Wildman–Crippen MR) is 150 cm³/mol. The van der Waals surface area contributed by atoms with Gasteiger partial charge in [-0.3, -0.25) is 9.52 Å². The zero-order chi connectivity index (χ0) is 30.2. The highest BCUT2D eigenvalue weighted by molar-refractivity contribution is 6.03. The number of pyridine rings is 1. The number of hydrogen-bond donors (Lipinski definition) is 2. The van der Waals surface area contributed by atoms with Crippen LogP contribution in [0.3, 0.4) is 0 Å². The first-order valence-corrected chi connectivity index (χ1v) is 13.2. The Balaban J connectivity index is 1.79. The third-order valence-corrected chi connectivity index (χ3v) is 7.11. The highest BCUT2D eigenvalue weighted by Crippen LogP contribution is 2.40. The molecule has 1 aliphatic heterocycles. The summed E-state index contributed by atoms with van der Waals surface area (Å²) in [5.74, 6) is -2.46. The fraction of sp³-hybridized carbons (Fsp3) is 0.310. The Bertz CT molecular complexity index is 1730. The normalized spacial score (nSPS) is 14.2. The number of carbonyl (C=O) groups is 1. The van der Waals surface area contributed by atoms with Crippen molar-refractivity contribution in [1.82, 2.24) is 14.8 Å². The molecule has 5 rings (SSSR count). The minimum Gasteiger partial charge on any atom is -0.389 e. The van der Waals surface area contributed by atoms with Crippen molar-refractivity contribution in [3.05, 3.63) is 70.3 Å². The average Bonchev–Trinajstić information content (AvgIpc) is 3.32. The van der Waals surface area contributed by atoms with E-state index < -0.39 is 23.2 Å². The molecule has 0 unspecified atom stereocenters. The van der Waals surface area contributed by atoms with Crippen molar-refractivity contribution in [3.8, 4) is 28.5 Å². The molecule has 0 aliphatic carbocycles. The van der Waals surface area contributed by atoms with Gasteiger partial charge < -0.3 is 15.7 Å². The Labute approximate surface area is 239 Å². The van der Waals surface area contributed by atoms with Crippen LogP contribution in [-0.4, -0.2) is 50.6 Å². The number of aromatic nitrogens is 3. The number of halogens is 2. The summed E-state index contributed by atoms with van der Waals surface area (Å²) in [5, 5.41) is 26.5. The van der Waals surface area contributed by atoms with Gasteiger partial charge in [0.25, 0.3) is 0 Å². The summed E-state index contributed by atoms with van der Waals surface area (Å²) >= 11 is 0. The van der Waals surface area contributed by atoms with Gasteiger partial charge in [0.1, 0.15) is 23.5 Å². The fourth-order valence-electron chi connectivity index (χ4n) is 5.09. The van der Waals surface area contributed by atoms with Crippen LogP contribution < -0.4 is 10.6 Å². The molecule has 11 nitrogen and oxygen atoms in total. The number of carbonyl (C=O) groups excluding carboxylic acids is 1. The third-order valence-electron chi connectivity index (χ3n) is 7.11. The topological polar surface area (TPSA) is 160 Å². The fourth-order valence-corrected chi connectivity index (χ4v) is 5.09. The van der Waals surface area contributed by atoms with Crippen LogP contribution in [0.15, 0.2) is 47.9 Å². The monoisotopic (exact) mass is 575 g/mol. The highest BCUT2D eigenvalue weighted by Gasteiger charge is 2.28. The lowest BCUT2D eigenvalue weighted by Crippen LogP contribution is -2.40. The van der Waals surface area contributed by atoms with Gasteiger partial charge in [-0.05, 0) is 51.0 Å². The van der Waals surface area contributed by atoms with Gasteiger partial charge in [-0.15, -0.1) is 4.91 Å². The number of anilines is 1. The molecule has 1 saturated heterocycles. The van der Waals surface area contributed by atoms with E-state index in [4.69, 9.17) is 10.7 Å². The number of nitrogens with two attached hydrogens (primary N) is 1. The lowest BCUT2D eigenvalue weighted by Gasteiger charge is -2.32. The number of piperidine rings is 1. The number of rotatable bonds is 7. The Morgan fingerprint density at radius 2 is 1.95 bits per heavy atom. The van der Waals surface area contributed by atoms with E-state index in [1.807, 2.05) is 4.90 Å². The van der Waals surface area contributed by atoms with Crippen LogP contribution >= 0.6 is 0 Å². The second-order valence-corrected chi connectivity index (χ2v) is 10.8. The molecule has 2 aromatic heterocycles. The van der Waals surface area contributed by atoms with Crippen molar-refractivity contribution in [2.75, 3.05) is 18.0 Å². The first-order chi connectivity index (χ1) is 20.0. The zero-order valence-corrected chi connectivity index (χ0v) is 22.8. The molecule has 0 radical (unpaired) electrons. The summed E-state index contributed by atoms with van der Waals surface area (Å²) in [6.07, 6.45) is 2.79. The summed E-state index contributed by atoms with van der Waals surface area (Å²) in [4.78, 5) is 35.2. The number of nitrogens with zero attached hydrogens (tertiary/aromatic N) is 6. The van der Waals surface area contributed by atoms with Crippen LogP contribution in [0.4, 0.5) is 14.6 Å². The van der Waals surface area contributed by atoms with E-state index in [0.717, 1.165) is 6.07 Å². The van der Waals surface area contributed by atoms with Crippen LogP contribution in [-0.2, 0) is 11.4 Å². The van der Waals surface area contributed by atoms with Gasteiger partial charge in [0.05, 0.1) is 40.7 Å². The Morgan fingerprint density at radius 1 is 1.21 bits per heavy atom. The minimum absolute atomic E-state index is 0.00513. The molecule has 0 amide bonds. The van der Waals surface area contributed by atoms with Crippen molar-refractivity contribution in [1.29, 1.82) is 5.26 Å². The summed E-state index contributed by atoms with van der Waals surface area (Å²) in [6, 6.07) is 9.56. The second-order valence-electron chi connectivity index (χ2n) is 10.8. The predicted octanol–water partition coefficient (Wildman–Crippen LogP) is 4.45. The molecule has 2 aromatic carbocycles. The SMILES string of the molecule is CC(C)(O)Cn1ncc2cc(-c3c(C(=O)ON=O)cc(N4CCC(N)CC4)nc3-c3ccc(C#N)c(F)c3)c(F)cc21. The second kappa shape index (κ2) is 11.2. The van der Waals surface area contributed by atoms with E-state index in [1.165, 1.54) is 41.2 Å². The first-order valence-electron chi connectivity index (χ1n) is 13.2. The van der Waals surface area contributed by atoms with Gasteiger partial charge in [-0.1, -0.05) is 6.07 Å². The average molecular weight is 576 g/mol. The van der Waals surface area contributed by atoms with Gasteiger partial charge in [0, 0.05) is 47.3 Å². The standard InChI is InChI=1S/C29H27F2N7O4/c1-29(2,40)15-38-24-12-23(31)20(9-18(24)14-34-38)26-21(28(39)42-36-41)11-25(37-7-5-19(33)6-8-37)35-27(26)16-3-4-17(13-32)22(30)10-16/h3-4,9-12,14,19,40H,5-8,15,33H2,1-2H3. The number of fused-ring (bicyclic) bond motifs is 1. The molecule has 0 atom stereocenters. The van der Waals surface area contributed by atoms with Gasteiger partial charge in [0.15, 0.2) is 5.34 Å². The Morgan fingerprint density at radius 3 is 2.60 bits per heavy atom. The van der Waals surface area contributed by atoms with E-state index in [9.17, 15) is 24.5 Å². The first kappa shape index (κ1) is 28.7. The summed E-state index contributed by atoms with van der Waals surface area (Å²) in [7, 11) is 0. The quantitative estimate of drug-likeness (QED) is 0.240. The Hall–Kier alpha value is -4.80. The van der Waals surface area contributed by atoms with E-state index >= 15 is 4.39 Å². The number of benzene rings is 2. The maximum Gasteiger partial charge on any atom is 0.370 e. The Kier molecular flexibility index (Phi) is 7.68. The van der Waals surface area contributed by atoms with Crippen molar-refractivity contribution in [2.24, 2.45) is 11.1 Å². The maximum absolute atomic E-state index is 16.0. The molecule has 13 heteroatoms. The van der Waals surface area contributed by atoms with E-state index in [-0.39, 0.29) is 46.1 Å². The molecule has 216 valence electrons. The van der Waals surface area contributed by atoms with Crippen molar-refractivity contribution >= 4 is 22.7 Å². The number of aliphatic hydroxyl groups is 1. The molecule has 42 heavy (non-hydrogen) atoms. The summed E-state index contributed by atoms with van der Waals surface area (Å²) < 4.78 is 32.3. The largest absolute Gasteiger partial charge is 0.389 e. The van der Waals surface area contributed by atoms with E-state index in [1.54, 1.807) is 19.9 Å². The van der Waals surface area contributed by atoms with Gasteiger partial charge in [0.2, 0.25) is 0 Å². The van der Waals surface area contributed by atoms with Crippen molar-refractivity contribution in [3.63, 3.8) is 0 Å². The third kappa shape index (κ3) is 5.67. The summed E-state index contributed by atoms with van der Waals surface area (Å²) in [6.45, 7) is 4.29. The molecular weight excluding hydrogens is 548 g/mol. The molecule has 1 aliphatic rings. The molecule has 3 N–H and O–H groups in total. The van der Waals surface area contributed by atoms with E-state index in [0.29, 0.717) is 42.7 Å². The minimum atomic E-state index is -1.16. The van der Waals surface area contributed by atoms with Crippen LogP contribution in [0.25, 0.3) is 33.3 Å². The zero-order valence-electron chi connectivity index (χ0n) is 22.8. The number of hydrogen-bond acceptors (Lipinski definition) is 10. The van der Waals surface area contributed by atoms with Crippen molar-refractivity contribution in [2.45, 2.75) is 44.9 Å².